The third-order valence-corrected chi connectivity index (χ3v) is 1.90. The fourth-order valence-corrected chi connectivity index (χ4v) is 1.19. The van der Waals surface area contributed by atoms with E-state index in [9.17, 15) is 14.4 Å². The number of nitrogens with zero attached hydrogens (tertiary/aromatic N) is 1. The third kappa shape index (κ3) is 5.97. The number of hydrogen-bond acceptors (Lipinski definition) is 5. The van der Waals surface area contributed by atoms with Crippen molar-refractivity contribution in [1.29, 1.82) is 0 Å². The van der Waals surface area contributed by atoms with Crippen molar-refractivity contribution in [2.75, 3.05) is 0 Å². The zero-order valence-corrected chi connectivity index (χ0v) is 9.21. The zero-order valence-electron chi connectivity index (χ0n) is 8.39. The second kappa shape index (κ2) is 6.31. The van der Waals surface area contributed by atoms with Gasteiger partial charge in [0.15, 0.2) is 5.12 Å². The molecule has 7 heteroatoms. The van der Waals surface area contributed by atoms with Crippen molar-refractivity contribution in [3.05, 3.63) is 0 Å². The molecule has 1 rings (SSSR count). The minimum absolute atomic E-state index is 0.0833. The Morgan fingerprint density at radius 2 is 1.73 bits per heavy atom. The molecule has 15 heavy (non-hydrogen) atoms. The van der Waals surface area contributed by atoms with Gasteiger partial charge in [-0.1, -0.05) is 0 Å². The number of carbonyl (C=O) groups excluding carboxylic acids is 4. The van der Waals surface area contributed by atoms with E-state index in [1.165, 1.54) is 13.8 Å². The number of imide groups is 1. The normalized spacial score (nSPS) is 14.7. The molecule has 1 saturated heterocycles. The molecule has 0 saturated carbocycles. The highest BCUT2D eigenvalue weighted by Crippen LogP contribution is 2.07. The summed E-state index contributed by atoms with van der Waals surface area (Å²) in [5.41, 5.74) is 0. The summed E-state index contributed by atoms with van der Waals surface area (Å²) in [6.07, 6.45) is 0.296. The fraction of sp³-hybridized carbons (Fsp3) is 0.500. The highest BCUT2D eigenvalue weighted by molar-refractivity contribution is 8.26. The Morgan fingerprint density at radius 1 is 1.33 bits per heavy atom. The number of thioether (sulfide) groups is 1. The molecule has 2 amide bonds. The lowest BCUT2D eigenvalue weighted by atomic mass is 10.4. The van der Waals surface area contributed by atoms with Crippen LogP contribution >= 0.6 is 11.8 Å². The molecule has 0 bridgehead atoms. The Hall–Kier alpha value is -1.21. The minimum atomic E-state index is -0.505. The molecule has 0 aromatic heterocycles. The summed E-state index contributed by atoms with van der Waals surface area (Å²) < 4.78 is 0. The third-order valence-electron chi connectivity index (χ3n) is 1.32. The first-order valence-corrected chi connectivity index (χ1v) is 4.92. The monoisotopic (exact) mass is 234 g/mol. The number of rotatable bonds is 0. The van der Waals surface area contributed by atoms with Gasteiger partial charge in [0, 0.05) is 31.5 Å². The predicted octanol–water partition coefficient (Wildman–Crippen LogP) is 0.313. The molecule has 0 atom stereocenters. The first kappa shape index (κ1) is 13.8. The minimum Gasteiger partial charge on any atom is -0.287 e. The standard InChI is InChI=1S/C4H5NO3.C4H6O2S/c6-3-1-2-4(7)5(3)8;1-3(5)7-4(2)6/h8H,1-2H2;1-2H3/p+1. The largest absolute Gasteiger partial charge is 0.355 e. The van der Waals surface area contributed by atoms with E-state index in [4.69, 9.17) is 10.0 Å². The highest BCUT2D eigenvalue weighted by atomic mass is 32.2. The molecule has 0 aromatic carbocycles. The molecule has 1 heterocycles. The molecular formula is C8H12NO5S+. The lowest BCUT2D eigenvalue weighted by molar-refractivity contribution is -0.171. The van der Waals surface area contributed by atoms with Crippen LogP contribution in [0.25, 0.3) is 0 Å². The average Bonchev–Trinajstić information content (AvgIpc) is 2.35. The van der Waals surface area contributed by atoms with Gasteiger partial charge in [0.2, 0.25) is 0 Å². The SMILES string of the molecule is CC(=O)SC(C)=[OH+].O=C1CCC(=O)N1O. The molecule has 0 aromatic rings. The number of carbonyl (C=O) groups is 3. The summed E-state index contributed by atoms with van der Waals surface area (Å²) in [5.74, 6) is -1.01. The summed E-state index contributed by atoms with van der Waals surface area (Å²) in [5, 5.41) is 8.59. The zero-order chi connectivity index (χ0) is 12.0. The van der Waals surface area contributed by atoms with E-state index < -0.39 is 11.8 Å². The molecular weight excluding hydrogens is 222 g/mol. The van der Waals surface area contributed by atoms with Crippen LogP contribution in [0.1, 0.15) is 26.7 Å². The van der Waals surface area contributed by atoms with Crippen molar-refractivity contribution in [3.8, 4) is 0 Å². The van der Waals surface area contributed by atoms with E-state index in [2.05, 4.69) is 0 Å². The van der Waals surface area contributed by atoms with E-state index in [0.717, 1.165) is 11.8 Å². The summed E-state index contributed by atoms with van der Waals surface area (Å²) in [7, 11) is 0. The van der Waals surface area contributed by atoms with Gasteiger partial charge in [-0.3, -0.25) is 24.4 Å². The van der Waals surface area contributed by atoms with Gasteiger partial charge in [-0.2, -0.15) is 5.06 Å². The maximum absolute atomic E-state index is 10.2. The van der Waals surface area contributed by atoms with Crippen LogP contribution in [-0.2, 0) is 14.4 Å². The van der Waals surface area contributed by atoms with E-state index >= 15 is 0 Å². The van der Waals surface area contributed by atoms with Gasteiger partial charge in [0.25, 0.3) is 11.8 Å². The number of amides is 2. The van der Waals surface area contributed by atoms with Crippen LogP contribution in [0, 0.1) is 0 Å². The van der Waals surface area contributed by atoms with Crippen LogP contribution in [0.15, 0.2) is 0 Å². The average molecular weight is 234 g/mol. The number of hydrogen-bond donors (Lipinski definition) is 1. The van der Waals surface area contributed by atoms with Gasteiger partial charge in [0.05, 0.1) is 6.92 Å². The lowest BCUT2D eigenvalue weighted by Gasteiger charge is -1.98. The van der Waals surface area contributed by atoms with Gasteiger partial charge < -0.3 is 0 Å². The molecule has 1 aliphatic rings. The van der Waals surface area contributed by atoms with E-state index in [1.54, 1.807) is 0 Å². The van der Waals surface area contributed by atoms with Crippen LogP contribution in [0.2, 0.25) is 0 Å². The molecule has 0 unspecified atom stereocenters. The Kier molecular flexibility index (Phi) is 5.80. The van der Waals surface area contributed by atoms with Crippen LogP contribution < -0.4 is 0 Å². The van der Waals surface area contributed by atoms with Crippen molar-refractivity contribution in [3.63, 3.8) is 0 Å². The molecule has 1 fully saturated rings. The van der Waals surface area contributed by atoms with E-state index in [-0.39, 0.29) is 28.1 Å². The second-order valence-corrected chi connectivity index (χ2v) is 4.08. The first-order chi connectivity index (χ1) is 6.84. The quantitative estimate of drug-likeness (QED) is 0.369. The second-order valence-electron chi connectivity index (χ2n) is 2.71. The molecule has 6 nitrogen and oxygen atoms in total. The Balaban J connectivity index is 0.000000265. The van der Waals surface area contributed by atoms with Gasteiger partial charge in [-0.25, -0.2) is 0 Å². The Labute approximate surface area is 90.6 Å². The summed E-state index contributed by atoms with van der Waals surface area (Å²) in [6, 6.07) is 0. The Bertz CT molecular complexity index is 273. The summed E-state index contributed by atoms with van der Waals surface area (Å²) in [4.78, 5) is 38.9. The van der Waals surface area contributed by atoms with Gasteiger partial charge >= 0.3 is 5.12 Å². The van der Waals surface area contributed by atoms with Crippen LogP contribution in [-0.4, -0.2) is 37.1 Å². The topological polar surface area (TPSA) is 96.1 Å². The van der Waals surface area contributed by atoms with Crippen molar-refractivity contribution in [1.82, 2.24) is 5.06 Å². The van der Waals surface area contributed by atoms with Gasteiger partial charge in [-0.05, 0) is 0 Å². The summed E-state index contributed by atoms with van der Waals surface area (Å²) in [6.45, 7) is 2.89. The maximum Gasteiger partial charge on any atom is 0.355 e. The highest BCUT2D eigenvalue weighted by Gasteiger charge is 2.26. The molecule has 0 spiro atoms. The van der Waals surface area contributed by atoms with Crippen molar-refractivity contribution < 1.29 is 24.4 Å². The molecule has 2 N–H and O–H groups in total. The smallest absolute Gasteiger partial charge is 0.287 e. The van der Waals surface area contributed by atoms with Gasteiger partial charge in [-0.15, -0.1) is 0 Å². The van der Waals surface area contributed by atoms with Crippen molar-refractivity contribution in [2.45, 2.75) is 26.7 Å². The van der Waals surface area contributed by atoms with Crippen LogP contribution in [0.4, 0.5) is 0 Å². The maximum atomic E-state index is 10.2. The van der Waals surface area contributed by atoms with Crippen LogP contribution in [0.5, 0.6) is 0 Å². The fourth-order valence-electron chi connectivity index (χ4n) is 0.773. The van der Waals surface area contributed by atoms with Crippen molar-refractivity contribution in [2.24, 2.45) is 0 Å². The Morgan fingerprint density at radius 3 is 1.80 bits per heavy atom. The number of hydroxylamine groups is 2. The first-order valence-electron chi connectivity index (χ1n) is 4.10. The van der Waals surface area contributed by atoms with Crippen molar-refractivity contribution >= 4 is 33.8 Å². The summed E-state index contributed by atoms with van der Waals surface area (Å²) >= 11 is 0.843. The molecule has 1 aliphatic heterocycles. The lowest BCUT2D eigenvalue weighted by Crippen LogP contribution is -2.24. The van der Waals surface area contributed by atoms with Gasteiger partial charge in [0.1, 0.15) is 0 Å². The van der Waals surface area contributed by atoms with E-state index in [0.29, 0.717) is 0 Å². The molecule has 0 radical (unpaired) electrons. The molecule has 84 valence electrons. The molecule has 0 aliphatic carbocycles. The predicted molar refractivity (Wildman–Crippen MR) is 53.8 cm³/mol. The van der Waals surface area contributed by atoms with E-state index in [1.807, 2.05) is 0 Å². The van der Waals surface area contributed by atoms with Crippen LogP contribution in [0.3, 0.4) is 0 Å².